The molecule has 1 aliphatic rings. The van der Waals surface area contributed by atoms with Crippen LogP contribution in [0.25, 0.3) is 0 Å². The summed E-state index contributed by atoms with van der Waals surface area (Å²) in [6, 6.07) is 5.55. The molecular formula is C13H17ClN2O. The van der Waals surface area contributed by atoms with Gasteiger partial charge in [-0.25, -0.2) is 0 Å². The maximum atomic E-state index is 12.1. The van der Waals surface area contributed by atoms with Gasteiger partial charge in [-0.3, -0.25) is 4.79 Å². The Labute approximate surface area is 106 Å². The highest BCUT2D eigenvalue weighted by Crippen LogP contribution is 2.21. The molecular weight excluding hydrogens is 236 g/mol. The van der Waals surface area contributed by atoms with Crippen LogP contribution < -0.4 is 11.1 Å². The van der Waals surface area contributed by atoms with E-state index in [1.807, 2.05) is 6.92 Å². The predicted octanol–water partition coefficient (Wildman–Crippen LogP) is 2.26. The topological polar surface area (TPSA) is 55.1 Å². The van der Waals surface area contributed by atoms with E-state index in [9.17, 15) is 4.79 Å². The van der Waals surface area contributed by atoms with Crippen molar-refractivity contribution in [3.63, 3.8) is 0 Å². The number of nitrogens with one attached hydrogen (secondary N) is 1. The maximum Gasteiger partial charge on any atom is 0.251 e. The van der Waals surface area contributed by atoms with E-state index in [4.69, 9.17) is 17.3 Å². The van der Waals surface area contributed by atoms with Gasteiger partial charge in [0.2, 0.25) is 0 Å². The van der Waals surface area contributed by atoms with Crippen molar-refractivity contribution in [2.45, 2.75) is 38.3 Å². The normalized spacial score (nSPS) is 23.7. The Balaban J connectivity index is 2.12. The van der Waals surface area contributed by atoms with Gasteiger partial charge in [-0.15, -0.1) is 0 Å². The van der Waals surface area contributed by atoms with Crippen LogP contribution in [0.15, 0.2) is 18.2 Å². The number of carbonyl (C=O) groups excluding carboxylic acids is 1. The summed E-state index contributed by atoms with van der Waals surface area (Å²) in [5.41, 5.74) is 7.39. The Hall–Kier alpha value is -1.06. The molecule has 17 heavy (non-hydrogen) atoms. The molecule has 1 saturated carbocycles. The van der Waals surface area contributed by atoms with Crippen LogP contribution in [0.4, 0.5) is 0 Å². The van der Waals surface area contributed by atoms with Crippen LogP contribution in [0.2, 0.25) is 5.02 Å². The van der Waals surface area contributed by atoms with Crippen LogP contribution in [-0.4, -0.2) is 18.0 Å². The third-order valence-electron chi connectivity index (χ3n) is 3.40. The monoisotopic (exact) mass is 252 g/mol. The minimum absolute atomic E-state index is 0.0765. The summed E-state index contributed by atoms with van der Waals surface area (Å²) in [5.74, 6) is -0.0765. The van der Waals surface area contributed by atoms with Gasteiger partial charge in [-0.1, -0.05) is 17.7 Å². The lowest BCUT2D eigenvalue weighted by Crippen LogP contribution is -2.44. The lowest BCUT2D eigenvalue weighted by atomic mass is 10.1. The summed E-state index contributed by atoms with van der Waals surface area (Å²) in [6.45, 7) is 1.85. The van der Waals surface area contributed by atoms with Gasteiger partial charge in [0.25, 0.3) is 5.91 Å². The number of rotatable bonds is 2. The number of hydrogen-bond acceptors (Lipinski definition) is 2. The van der Waals surface area contributed by atoms with Crippen molar-refractivity contribution in [1.29, 1.82) is 0 Å². The predicted molar refractivity (Wildman–Crippen MR) is 69.3 cm³/mol. The van der Waals surface area contributed by atoms with Crippen LogP contribution in [0, 0.1) is 6.92 Å². The van der Waals surface area contributed by atoms with Crippen molar-refractivity contribution in [3.05, 3.63) is 34.3 Å². The van der Waals surface area contributed by atoms with E-state index in [1.165, 1.54) is 0 Å². The fourth-order valence-electron chi connectivity index (χ4n) is 2.27. The van der Waals surface area contributed by atoms with E-state index >= 15 is 0 Å². The number of halogens is 1. The van der Waals surface area contributed by atoms with Crippen molar-refractivity contribution in [2.24, 2.45) is 5.73 Å². The smallest absolute Gasteiger partial charge is 0.251 e. The SMILES string of the molecule is Cc1c(Cl)cccc1C(=O)NC1CCCC1N. The fraction of sp³-hybridized carbons (Fsp3) is 0.462. The van der Waals surface area contributed by atoms with E-state index in [0.717, 1.165) is 24.8 Å². The number of hydrogen-bond donors (Lipinski definition) is 2. The first kappa shape index (κ1) is 12.4. The Morgan fingerprint density at radius 1 is 1.47 bits per heavy atom. The Bertz CT molecular complexity index is 433. The zero-order valence-corrected chi connectivity index (χ0v) is 10.6. The van der Waals surface area contributed by atoms with E-state index in [0.29, 0.717) is 10.6 Å². The van der Waals surface area contributed by atoms with E-state index < -0.39 is 0 Å². The molecule has 0 bridgehead atoms. The van der Waals surface area contributed by atoms with Gasteiger partial charge in [0.1, 0.15) is 0 Å². The van der Waals surface area contributed by atoms with Gasteiger partial charge < -0.3 is 11.1 Å². The van der Waals surface area contributed by atoms with Crippen LogP contribution >= 0.6 is 11.6 Å². The van der Waals surface area contributed by atoms with Crippen LogP contribution in [-0.2, 0) is 0 Å². The average molecular weight is 253 g/mol. The van der Waals surface area contributed by atoms with Crippen LogP contribution in [0.1, 0.15) is 35.2 Å². The van der Waals surface area contributed by atoms with Gasteiger partial charge in [-0.2, -0.15) is 0 Å². The van der Waals surface area contributed by atoms with Gasteiger partial charge in [0.05, 0.1) is 0 Å². The second kappa shape index (κ2) is 5.07. The summed E-state index contributed by atoms with van der Waals surface area (Å²) < 4.78 is 0. The molecule has 3 N–H and O–H groups in total. The Morgan fingerprint density at radius 2 is 2.24 bits per heavy atom. The van der Waals surface area contributed by atoms with Crippen molar-refractivity contribution in [2.75, 3.05) is 0 Å². The molecule has 2 atom stereocenters. The lowest BCUT2D eigenvalue weighted by molar-refractivity contribution is 0.0934. The largest absolute Gasteiger partial charge is 0.348 e. The molecule has 92 valence electrons. The third kappa shape index (κ3) is 2.61. The third-order valence-corrected chi connectivity index (χ3v) is 3.81. The van der Waals surface area contributed by atoms with Crippen LogP contribution in [0.3, 0.4) is 0 Å². The average Bonchev–Trinajstić information content (AvgIpc) is 2.68. The first-order chi connectivity index (χ1) is 8.09. The number of amides is 1. The quantitative estimate of drug-likeness (QED) is 0.848. The maximum absolute atomic E-state index is 12.1. The first-order valence-corrected chi connectivity index (χ1v) is 6.29. The zero-order valence-electron chi connectivity index (χ0n) is 9.87. The molecule has 0 aromatic heterocycles. The molecule has 0 spiro atoms. The van der Waals surface area contributed by atoms with Crippen molar-refractivity contribution in [3.8, 4) is 0 Å². The van der Waals surface area contributed by atoms with Gasteiger partial charge in [-0.05, 0) is 43.9 Å². The van der Waals surface area contributed by atoms with E-state index in [-0.39, 0.29) is 18.0 Å². The van der Waals surface area contributed by atoms with Crippen molar-refractivity contribution < 1.29 is 4.79 Å². The highest BCUT2D eigenvalue weighted by Gasteiger charge is 2.26. The summed E-state index contributed by atoms with van der Waals surface area (Å²) >= 11 is 6.00. The molecule has 3 nitrogen and oxygen atoms in total. The van der Waals surface area contributed by atoms with Gasteiger partial charge >= 0.3 is 0 Å². The summed E-state index contributed by atoms with van der Waals surface area (Å²) in [5, 5.41) is 3.61. The minimum Gasteiger partial charge on any atom is -0.348 e. The summed E-state index contributed by atoms with van der Waals surface area (Å²) in [6.07, 6.45) is 3.03. The molecule has 1 aromatic rings. The number of nitrogens with two attached hydrogens (primary N) is 1. The highest BCUT2D eigenvalue weighted by molar-refractivity contribution is 6.31. The minimum atomic E-state index is -0.0765. The molecule has 2 rings (SSSR count). The summed E-state index contributed by atoms with van der Waals surface area (Å²) in [7, 11) is 0. The molecule has 0 radical (unpaired) electrons. The molecule has 0 aliphatic heterocycles. The molecule has 0 heterocycles. The Kier molecular flexibility index (Phi) is 3.69. The van der Waals surface area contributed by atoms with Crippen LogP contribution in [0.5, 0.6) is 0 Å². The molecule has 1 fully saturated rings. The molecule has 1 aliphatic carbocycles. The molecule has 4 heteroatoms. The highest BCUT2D eigenvalue weighted by atomic mass is 35.5. The first-order valence-electron chi connectivity index (χ1n) is 5.91. The molecule has 2 unspecified atom stereocenters. The van der Waals surface area contributed by atoms with E-state index in [2.05, 4.69) is 5.32 Å². The van der Waals surface area contributed by atoms with Gasteiger partial charge in [0, 0.05) is 22.7 Å². The zero-order chi connectivity index (χ0) is 12.4. The second-order valence-corrected chi connectivity index (χ2v) is 4.99. The standard InChI is InChI=1S/C13H17ClN2O/c1-8-9(4-2-5-10(8)14)13(17)16-12-7-3-6-11(12)15/h2,4-5,11-12H,3,6-7,15H2,1H3,(H,16,17). The molecule has 0 saturated heterocycles. The van der Waals surface area contributed by atoms with Gasteiger partial charge in [0.15, 0.2) is 0 Å². The summed E-state index contributed by atoms with van der Waals surface area (Å²) in [4.78, 5) is 12.1. The number of benzene rings is 1. The number of carbonyl (C=O) groups is 1. The Morgan fingerprint density at radius 3 is 2.88 bits per heavy atom. The van der Waals surface area contributed by atoms with Crippen molar-refractivity contribution >= 4 is 17.5 Å². The van der Waals surface area contributed by atoms with E-state index in [1.54, 1.807) is 18.2 Å². The van der Waals surface area contributed by atoms with Crippen molar-refractivity contribution in [1.82, 2.24) is 5.32 Å². The lowest BCUT2D eigenvalue weighted by Gasteiger charge is -2.18. The molecule has 1 aromatic carbocycles. The molecule has 1 amide bonds. The second-order valence-electron chi connectivity index (χ2n) is 4.59. The fourth-order valence-corrected chi connectivity index (χ4v) is 2.44.